The van der Waals surface area contributed by atoms with Gasteiger partial charge in [-0.1, -0.05) is 11.6 Å². The first-order chi connectivity index (χ1) is 21.2. The van der Waals surface area contributed by atoms with Gasteiger partial charge in [-0.3, -0.25) is 14.4 Å². The smallest absolute Gasteiger partial charge is 0.335 e. The highest BCUT2D eigenvalue weighted by Gasteiger charge is 2.31. The molecule has 14 nitrogen and oxygen atoms in total. The topological polar surface area (TPSA) is 178 Å². The maximum Gasteiger partial charge on any atom is 0.335 e. The van der Waals surface area contributed by atoms with Crippen molar-refractivity contribution in [3.63, 3.8) is 0 Å². The van der Waals surface area contributed by atoms with Gasteiger partial charge in [-0.05, 0) is 72.3 Å². The number of carbonyl (C=O) groups is 4. The van der Waals surface area contributed by atoms with Crippen molar-refractivity contribution in [2.24, 2.45) is 0 Å². The number of rotatable bonds is 14. The van der Waals surface area contributed by atoms with E-state index in [1.807, 2.05) is 6.92 Å². The molecule has 0 aliphatic carbocycles. The molecule has 1 saturated heterocycles. The molecular formula is C29H32ClN7O7. The van der Waals surface area contributed by atoms with Gasteiger partial charge >= 0.3 is 5.97 Å². The fourth-order valence-electron chi connectivity index (χ4n) is 4.47. The number of nitrogens with zero attached hydrogens (tertiary/aromatic N) is 5. The van der Waals surface area contributed by atoms with Crippen LogP contribution in [0.4, 0.5) is 5.69 Å². The fourth-order valence-corrected chi connectivity index (χ4v) is 4.65. The molecule has 1 aliphatic heterocycles. The Hall–Kier alpha value is -4.66. The van der Waals surface area contributed by atoms with E-state index in [1.54, 1.807) is 23.1 Å². The molecule has 0 spiro atoms. The largest absolute Gasteiger partial charge is 0.478 e. The highest BCUT2D eigenvalue weighted by Crippen LogP contribution is 2.21. The molecule has 0 bridgehead atoms. The summed E-state index contributed by atoms with van der Waals surface area (Å²) in [5.74, 6) is -2.73. The summed E-state index contributed by atoms with van der Waals surface area (Å²) in [6, 6.07) is 9.23. The Labute approximate surface area is 258 Å². The number of tetrazole rings is 1. The summed E-state index contributed by atoms with van der Waals surface area (Å²) in [6.07, 6.45) is 4.28. The van der Waals surface area contributed by atoms with Crippen LogP contribution in [0.15, 0.2) is 54.9 Å². The first-order valence-electron chi connectivity index (χ1n) is 13.9. The van der Waals surface area contributed by atoms with Crippen LogP contribution >= 0.6 is 11.6 Å². The number of halogens is 1. The van der Waals surface area contributed by atoms with Gasteiger partial charge in [0.25, 0.3) is 0 Å². The Balaban J connectivity index is 1.46. The van der Waals surface area contributed by atoms with Gasteiger partial charge in [-0.15, -0.1) is 5.10 Å². The molecule has 1 aromatic heterocycles. The Morgan fingerprint density at radius 1 is 1.16 bits per heavy atom. The molecule has 4 rings (SSSR count). The molecule has 0 saturated carbocycles. The molecule has 2 atom stereocenters. The summed E-state index contributed by atoms with van der Waals surface area (Å²) < 4.78 is 12.5. The van der Waals surface area contributed by atoms with E-state index in [-0.39, 0.29) is 24.0 Å². The number of carboxylic acid groups (broad SMARTS) is 1. The highest BCUT2D eigenvalue weighted by molar-refractivity contribution is 6.30. The average Bonchev–Trinajstić information content (AvgIpc) is 3.71. The van der Waals surface area contributed by atoms with Gasteiger partial charge in [0, 0.05) is 42.0 Å². The van der Waals surface area contributed by atoms with Crippen molar-refractivity contribution in [3.8, 4) is 5.69 Å². The minimum Gasteiger partial charge on any atom is -0.478 e. The number of benzene rings is 2. The number of aromatic nitrogens is 4. The number of amides is 3. The lowest BCUT2D eigenvalue weighted by Crippen LogP contribution is -2.46. The molecule has 3 aromatic rings. The normalized spacial score (nSPS) is 15.3. The van der Waals surface area contributed by atoms with E-state index >= 15 is 0 Å². The lowest BCUT2D eigenvalue weighted by atomic mass is 10.1. The monoisotopic (exact) mass is 625 g/mol. The Bertz CT molecular complexity index is 1480. The third-order valence-corrected chi connectivity index (χ3v) is 6.93. The number of likely N-dealkylation sites (tertiary alicyclic amines) is 1. The van der Waals surface area contributed by atoms with Crippen molar-refractivity contribution < 1.29 is 33.8 Å². The summed E-state index contributed by atoms with van der Waals surface area (Å²) >= 11 is 6.16. The molecular weight excluding hydrogens is 594 g/mol. The standard InChI is InChI=1S/C29H32ClN7O7/c1-2-43-13-14-44-23-11-12-36(17-23)27(39)16-24(28(40)32-22-7-3-19(4-8-22)29(41)42)33-26(38)10-5-20-15-21(30)6-9-25(20)37-18-31-34-35-37/h3-10,15,18,23-24H,2,11-14,16-17H2,1H3,(H,32,40)(H,33,38)(H,41,42)/b10-5+/t23?,24-/m0/s1. The third-order valence-electron chi connectivity index (χ3n) is 6.69. The molecule has 15 heteroatoms. The predicted molar refractivity (Wildman–Crippen MR) is 159 cm³/mol. The summed E-state index contributed by atoms with van der Waals surface area (Å²) in [4.78, 5) is 52.3. The van der Waals surface area contributed by atoms with Crippen molar-refractivity contribution in [2.45, 2.75) is 31.9 Å². The number of aromatic carboxylic acids is 1. The van der Waals surface area contributed by atoms with E-state index in [2.05, 4.69) is 26.2 Å². The van der Waals surface area contributed by atoms with E-state index in [9.17, 15) is 19.2 Å². The lowest BCUT2D eigenvalue weighted by molar-refractivity contribution is -0.134. The van der Waals surface area contributed by atoms with Crippen molar-refractivity contribution in [1.29, 1.82) is 0 Å². The van der Waals surface area contributed by atoms with E-state index in [1.165, 1.54) is 47.4 Å². The van der Waals surface area contributed by atoms with Gasteiger partial charge in [0.05, 0.1) is 37.0 Å². The van der Waals surface area contributed by atoms with Crippen molar-refractivity contribution >= 4 is 47.1 Å². The Morgan fingerprint density at radius 3 is 2.66 bits per heavy atom. The number of nitrogens with one attached hydrogen (secondary N) is 2. The zero-order valence-electron chi connectivity index (χ0n) is 23.9. The average molecular weight is 626 g/mol. The predicted octanol–water partition coefficient (Wildman–Crippen LogP) is 2.19. The van der Waals surface area contributed by atoms with Crippen molar-refractivity contribution in [1.82, 2.24) is 30.4 Å². The Morgan fingerprint density at radius 2 is 1.95 bits per heavy atom. The SMILES string of the molecule is CCOCCOC1CCN(C(=O)C[C@H](NC(=O)/C=C/c2cc(Cl)ccc2-n2cnnn2)C(=O)Nc2ccc(C(=O)O)cc2)C1. The zero-order valence-corrected chi connectivity index (χ0v) is 24.6. The molecule has 3 amide bonds. The van der Waals surface area contributed by atoms with Crippen LogP contribution in [0.5, 0.6) is 0 Å². The van der Waals surface area contributed by atoms with Crippen LogP contribution in [-0.2, 0) is 23.9 Å². The fraction of sp³-hybridized carbons (Fsp3) is 0.345. The summed E-state index contributed by atoms with van der Waals surface area (Å²) in [5, 5.41) is 25.9. The Kier molecular flexibility index (Phi) is 11.5. The van der Waals surface area contributed by atoms with E-state index in [0.717, 1.165) is 0 Å². The van der Waals surface area contributed by atoms with Crippen LogP contribution in [0.3, 0.4) is 0 Å². The molecule has 44 heavy (non-hydrogen) atoms. The second kappa shape index (κ2) is 15.7. The highest BCUT2D eigenvalue weighted by atomic mass is 35.5. The van der Waals surface area contributed by atoms with Crippen molar-refractivity contribution in [3.05, 3.63) is 71.0 Å². The van der Waals surface area contributed by atoms with Gasteiger partial charge < -0.3 is 30.1 Å². The lowest BCUT2D eigenvalue weighted by Gasteiger charge is -2.22. The van der Waals surface area contributed by atoms with E-state index in [4.69, 9.17) is 26.2 Å². The van der Waals surface area contributed by atoms with Gasteiger partial charge in [-0.2, -0.15) is 4.68 Å². The zero-order chi connectivity index (χ0) is 31.5. The van der Waals surface area contributed by atoms with Crippen molar-refractivity contribution in [2.75, 3.05) is 38.2 Å². The summed E-state index contributed by atoms with van der Waals surface area (Å²) in [7, 11) is 0. The van der Waals surface area contributed by atoms with Gasteiger partial charge in [0.1, 0.15) is 12.4 Å². The number of carbonyl (C=O) groups excluding carboxylic acids is 3. The van der Waals surface area contributed by atoms with Crippen LogP contribution in [0, 0.1) is 0 Å². The van der Waals surface area contributed by atoms with Crippen LogP contribution in [-0.4, -0.2) is 99.0 Å². The van der Waals surface area contributed by atoms with E-state index in [0.29, 0.717) is 61.3 Å². The summed E-state index contributed by atoms with van der Waals surface area (Å²) in [5.41, 5.74) is 1.44. The maximum absolute atomic E-state index is 13.3. The van der Waals surface area contributed by atoms with E-state index < -0.39 is 23.8 Å². The molecule has 232 valence electrons. The molecule has 1 aliphatic rings. The quantitative estimate of drug-likeness (QED) is 0.178. The molecule has 1 fully saturated rings. The molecule has 0 radical (unpaired) electrons. The molecule has 3 N–H and O–H groups in total. The van der Waals surface area contributed by atoms with Crippen LogP contribution in [0.1, 0.15) is 35.7 Å². The van der Waals surface area contributed by atoms with Crippen LogP contribution < -0.4 is 10.6 Å². The number of hydrogen-bond acceptors (Lipinski definition) is 9. The molecule has 2 heterocycles. The minimum absolute atomic E-state index is 0.0438. The third kappa shape index (κ3) is 9.17. The number of carboxylic acids is 1. The number of anilines is 1. The van der Waals surface area contributed by atoms with Gasteiger partial charge in [0.15, 0.2) is 0 Å². The summed E-state index contributed by atoms with van der Waals surface area (Å²) in [6.45, 7) is 4.17. The van der Waals surface area contributed by atoms with Gasteiger partial charge in [0.2, 0.25) is 17.7 Å². The molecule has 2 aromatic carbocycles. The molecule has 1 unspecified atom stereocenters. The number of hydrogen-bond donors (Lipinski definition) is 3. The number of ether oxygens (including phenoxy) is 2. The minimum atomic E-state index is -1.24. The second-order valence-electron chi connectivity index (χ2n) is 9.75. The second-order valence-corrected chi connectivity index (χ2v) is 10.2. The van der Waals surface area contributed by atoms with Gasteiger partial charge in [-0.25, -0.2) is 4.79 Å². The van der Waals surface area contributed by atoms with Crippen LogP contribution in [0.25, 0.3) is 11.8 Å². The first-order valence-corrected chi connectivity index (χ1v) is 14.2. The van der Waals surface area contributed by atoms with Crippen LogP contribution in [0.2, 0.25) is 5.02 Å². The maximum atomic E-state index is 13.3. The first kappa shape index (κ1) is 32.3.